The third-order valence-electron chi connectivity index (χ3n) is 3.16. The molecule has 0 atom stereocenters. The fourth-order valence-electron chi connectivity index (χ4n) is 2.09. The van der Waals surface area contributed by atoms with E-state index in [4.69, 9.17) is 4.42 Å². The number of nitrogens with zero attached hydrogens (tertiary/aromatic N) is 2. The van der Waals surface area contributed by atoms with Gasteiger partial charge in [0.2, 0.25) is 0 Å². The van der Waals surface area contributed by atoms with Crippen LogP contribution in [0, 0.1) is 6.92 Å². The van der Waals surface area contributed by atoms with Crippen LogP contribution in [0.2, 0.25) is 0 Å². The van der Waals surface area contributed by atoms with E-state index in [-0.39, 0.29) is 5.91 Å². The number of amides is 1. The van der Waals surface area contributed by atoms with Gasteiger partial charge in [-0.1, -0.05) is 23.5 Å². The van der Waals surface area contributed by atoms with E-state index in [0.717, 1.165) is 15.3 Å². The minimum atomic E-state index is -0.0715. The summed E-state index contributed by atoms with van der Waals surface area (Å²) in [5.74, 6) is 0.562. The number of hydrogen-bond acceptors (Lipinski definition) is 4. The Kier molecular flexibility index (Phi) is 3.28. The van der Waals surface area contributed by atoms with Crippen LogP contribution in [-0.2, 0) is 0 Å². The largest absolute Gasteiger partial charge is 0.469 e. The summed E-state index contributed by atoms with van der Waals surface area (Å²) in [4.78, 5) is 18.8. The zero-order chi connectivity index (χ0) is 14.1. The Hall–Kier alpha value is -2.14. The third-order valence-corrected chi connectivity index (χ3v) is 4.22. The predicted molar refractivity (Wildman–Crippen MR) is 80.4 cm³/mol. The van der Waals surface area contributed by atoms with Gasteiger partial charge in [-0.05, 0) is 32.0 Å². The first-order valence-electron chi connectivity index (χ1n) is 6.42. The van der Waals surface area contributed by atoms with Crippen molar-refractivity contribution in [2.75, 3.05) is 11.4 Å². The maximum absolute atomic E-state index is 12.6. The highest BCUT2D eigenvalue weighted by atomic mass is 32.1. The quantitative estimate of drug-likeness (QED) is 0.734. The van der Waals surface area contributed by atoms with Crippen LogP contribution >= 0.6 is 11.3 Å². The molecule has 0 spiro atoms. The highest BCUT2D eigenvalue weighted by molar-refractivity contribution is 7.22. The molecule has 0 aliphatic carbocycles. The molecule has 0 bridgehead atoms. The Morgan fingerprint density at radius 2 is 2.15 bits per heavy atom. The number of furan rings is 1. The Labute approximate surface area is 120 Å². The first-order valence-corrected chi connectivity index (χ1v) is 7.24. The average Bonchev–Trinajstić information content (AvgIpc) is 3.05. The fraction of sp³-hybridized carbons (Fsp3) is 0.200. The maximum Gasteiger partial charge on any atom is 0.263 e. The van der Waals surface area contributed by atoms with Crippen molar-refractivity contribution >= 4 is 32.6 Å². The highest BCUT2D eigenvalue weighted by Gasteiger charge is 2.22. The van der Waals surface area contributed by atoms with Gasteiger partial charge in [0.15, 0.2) is 5.13 Å². The molecule has 1 amide bonds. The average molecular weight is 286 g/mol. The molecule has 5 heteroatoms. The summed E-state index contributed by atoms with van der Waals surface area (Å²) in [6.45, 7) is 4.31. The van der Waals surface area contributed by atoms with Gasteiger partial charge in [0.05, 0.1) is 22.0 Å². The van der Waals surface area contributed by atoms with E-state index in [1.54, 1.807) is 17.9 Å². The molecule has 102 valence electrons. The lowest BCUT2D eigenvalue weighted by Gasteiger charge is -2.16. The molecule has 0 saturated carbocycles. The second-order valence-electron chi connectivity index (χ2n) is 4.40. The number of aryl methyl sites for hydroxylation is 1. The third kappa shape index (κ3) is 2.10. The topological polar surface area (TPSA) is 46.3 Å². The monoisotopic (exact) mass is 286 g/mol. The minimum Gasteiger partial charge on any atom is -0.469 e. The van der Waals surface area contributed by atoms with Crippen molar-refractivity contribution in [3.63, 3.8) is 0 Å². The van der Waals surface area contributed by atoms with Crippen LogP contribution in [0.1, 0.15) is 23.0 Å². The van der Waals surface area contributed by atoms with Gasteiger partial charge >= 0.3 is 0 Å². The Morgan fingerprint density at radius 3 is 2.80 bits per heavy atom. The smallest absolute Gasteiger partial charge is 0.263 e. The molecule has 3 rings (SSSR count). The predicted octanol–water partition coefficient (Wildman–Crippen LogP) is 3.86. The standard InChI is InChI=1S/C15H14N2O2S/c1-3-17(14(18)11-8-9-19-10(11)2)15-16-12-6-4-5-7-13(12)20-15/h4-9H,3H2,1-2H3. The summed E-state index contributed by atoms with van der Waals surface area (Å²) >= 11 is 1.52. The van der Waals surface area contributed by atoms with Crippen molar-refractivity contribution in [3.05, 3.63) is 47.9 Å². The van der Waals surface area contributed by atoms with E-state index in [1.807, 2.05) is 31.2 Å². The van der Waals surface area contributed by atoms with Crippen molar-refractivity contribution in [1.29, 1.82) is 0 Å². The molecule has 0 aliphatic heterocycles. The molecular formula is C15H14N2O2S. The molecule has 4 nitrogen and oxygen atoms in total. The molecule has 0 unspecified atom stereocenters. The Balaban J connectivity index is 2.01. The number of benzene rings is 1. The molecule has 20 heavy (non-hydrogen) atoms. The SMILES string of the molecule is CCN(C(=O)c1ccoc1C)c1nc2ccccc2s1. The number of carbonyl (C=O) groups is 1. The van der Waals surface area contributed by atoms with Crippen LogP contribution in [0.5, 0.6) is 0 Å². The van der Waals surface area contributed by atoms with Gasteiger partial charge in [-0.3, -0.25) is 9.69 Å². The number of fused-ring (bicyclic) bond motifs is 1. The molecule has 2 aromatic heterocycles. The van der Waals surface area contributed by atoms with Crippen molar-refractivity contribution in [2.45, 2.75) is 13.8 Å². The molecule has 0 radical (unpaired) electrons. The summed E-state index contributed by atoms with van der Waals surface area (Å²) in [5, 5.41) is 0.722. The second kappa shape index (κ2) is 5.09. The fourth-order valence-corrected chi connectivity index (χ4v) is 3.12. The molecule has 1 aromatic carbocycles. The summed E-state index contributed by atoms with van der Waals surface area (Å²) < 4.78 is 6.29. The van der Waals surface area contributed by atoms with E-state index in [1.165, 1.54) is 17.6 Å². The normalized spacial score (nSPS) is 10.9. The number of thiazole rings is 1. The van der Waals surface area contributed by atoms with Crippen molar-refractivity contribution < 1.29 is 9.21 Å². The van der Waals surface area contributed by atoms with Crippen LogP contribution in [0.3, 0.4) is 0 Å². The molecular weight excluding hydrogens is 272 g/mol. The van der Waals surface area contributed by atoms with Gasteiger partial charge in [-0.2, -0.15) is 0 Å². The molecule has 2 heterocycles. The summed E-state index contributed by atoms with van der Waals surface area (Å²) in [5.41, 5.74) is 1.51. The van der Waals surface area contributed by atoms with Crippen LogP contribution in [0.15, 0.2) is 41.0 Å². The minimum absolute atomic E-state index is 0.0715. The van der Waals surface area contributed by atoms with E-state index >= 15 is 0 Å². The molecule has 0 aliphatic rings. The van der Waals surface area contributed by atoms with Crippen molar-refractivity contribution in [3.8, 4) is 0 Å². The van der Waals surface area contributed by atoms with Crippen molar-refractivity contribution in [2.24, 2.45) is 0 Å². The summed E-state index contributed by atoms with van der Waals surface area (Å²) in [6, 6.07) is 9.59. The van der Waals surface area contributed by atoms with Crippen molar-refractivity contribution in [1.82, 2.24) is 4.98 Å². The first-order chi connectivity index (χ1) is 9.70. The zero-order valence-corrected chi connectivity index (χ0v) is 12.1. The number of aromatic nitrogens is 1. The van der Waals surface area contributed by atoms with Crippen LogP contribution in [0.4, 0.5) is 5.13 Å². The zero-order valence-electron chi connectivity index (χ0n) is 11.3. The molecule has 0 saturated heterocycles. The number of carbonyl (C=O) groups excluding carboxylic acids is 1. The van der Waals surface area contributed by atoms with Gasteiger partial charge in [0, 0.05) is 6.54 Å². The summed E-state index contributed by atoms with van der Waals surface area (Å²) in [7, 11) is 0. The lowest BCUT2D eigenvalue weighted by molar-refractivity contribution is 0.0987. The lowest BCUT2D eigenvalue weighted by atomic mass is 10.2. The van der Waals surface area contributed by atoms with E-state index in [0.29, 0.717) is 17.9 Å². The van der Waals surface area contributed by atoms with Crippen LogP contribution in [0.25, 0.3) is 10.2 Å². The van der Waals surface area contributed by atoms with E-state index < -0.39 is 0 Å². The van der Waals surface area contributed by atoms with Gasteiger partial charge in [0.1, 0.15) is 5.76 Å². The van der Waals surface area contributed by atoms with Crippen LogP contribution < -0.4 is 4.90 Å². The maximum atomic E-state index is 12.6. The van der Waals surface area contributed by atoms with E-state index in [9.17, 15) is 4.79 Å². The number of rotatable bonds is 3. The number of anilines is 1. The Bertz CT molecular complexity index is 727. The molecule has 0 N–H and O–H groups in total. The van der Waals surface area contributed by atoms with Gasteiger partial charge in [0.25, 0.3) is 5.91 Å². The number of para-hydroxylation sites is 1. The van der Waals surface area contributed by atoms with Gasteiger partial charge in [-0.25, -0.2) is 4.98 Å². The van der Waals surface area contributed by atoms with Gasteiger partial charge in [-0.15, -0.1) is 0 Å². The van der Waals surface area contributed by atoms with E-state index in [2.05, 4.69) is 4.98 Å². The molecule has 0 fully saturated rings. The first kappa shape index (κ1) is 12.9. The Morgan fingerprint density at radius 1 is 1.35 bits per heavy atom. The number of hydrogen-bond donors (Lipinski definition) is 0. The van der Waals surface area contributed by atoms with Gasteiger partial charge < -0.3 is 4.42 Å². The van der Waals surface area contributed by atoms with Crippen LogP contribution in [-0.4, -0.2) is 17.4 Å². The second-order valence-corrected chi connectivity index (χ2v) is 5.41. The summed E-state index contributed by atoms with van der Waals surface area (Å²) in [6.07, 6.45) is 1.54. The lowest BCUT2D eigenvalue weighted by Crippen LogP contribution is -2.30. The highest BCUT2D eigenvalue weighted by Crippen LogP contribution is 2.29. The molecule has 3 aromatic rings.